The van der Waals surface area contributed by atoms with E-state index >= 15 is 0 Å². The van der Waals surface area contributed by atoms with Gasteiger partial charge in [-0.2, -0.15) is 0 Å². The number of rotatable bonds is 7. The van der Waals surface area contributed by atoms with Crippen molar-refractivity contribution in [1.29, 1.82) is 0 Å². The molecule has 0 radical (unpaired) electrons. The third kappa shape index (κ3) is 4.61. The van der Waals surface area contributed by atoms with Crippen LogP contribution < -0.4 is 0 Å². The summed E-state index contributed by atoms with van der Waals surface area (Å²) in [5.74, 6) is 0.396. The second-order valence-electron chi connectivity index (χ2n) is 3.89. The first-order valence-electron chi connectivity index (χ1n) is 5.85. The molecule has 84 valence electrons. The Hall–Kier alpha value is -0.630. The first-order chi connectivity index (χ1) is 7.26. The molecule has 0 aliphatic carbocycles. The van der Waals surface area contributed by atoms with Crippen LogP contribution in [0, 0.1) is 0 Å². The van der Waals surface area contributed by atoms with Gasteiger partial charge in [-0.15, -0.1) is 11.3 Å². The normalized spacial score (nSPS) is 10.5. The number of aryl methyl sites for hydroxylation is 1. The highest BCUT2D eigenvalue weighted by Gasteiger charge is 2.05. The van der Waals surface area contributed by atoms with Crippen molar-refractivity contribution in [3.8, 4) is 0 Å². The molecule has 1 aromatic heterocycles. The molecule has 0 N–H and O–H groups in total. The first-order valence-corrected chi connectivity index (χ1v) is 6.67. The van der Waals surface area contributed by atoms with Gasteiger partial charge in [0.2, 0.25) is 0 Å². The minimum atomic E-state index is 0.396. The van der Waals surface area contributed by atoms with E-state index in [1.54, 1.807) is 11.3 Å². The zero-order valence-electron chi connectivity index (χ0n) is 9.71. The van der Waals surface area contributed by atoms with Crippen molar-refractivity contribution in [1.82, 2.24) is 0 Å². The van der Waals surface area contributed by atoms with Gasteiger partial charge in [0.1, 0.15) is 5.78 Å². The van der Waals surface area contributed by atoms with E-state index < -0.39 is 0 Å². The third-order valence-corrected chi connectivity index (χ3v) is 3.73. The van der Waals surface area contributed by atoms with Crippen molar-refractivity contribution in [3.05, 3.63) is 21.9 Å². The van der Waals surface area contributed by atoms with Crippen molar-refractivity contribution in [2.45, 2.75) is 52.4 Å². The zero-order valence-corrected chi connectivity index (χ0v) is 10.5. The third-order valence-electron chi connectivity index (χ3n) is 2.50. The summed E-state index contributed by atoms with van der Waals surface area (Å²) >= 11 is 1.78. The van der Waals surface area contributed by atoms with Crippen molar-refractivity contribution in [2.75, 3.05) is 0 Å². The predicted molar refractivity (Wildman–Crippen MR) is 66.6 cm³/mol. The molecule has 0 spiro atoms. The molecule has 0 saturated heterocycles. The largest absolute Gasteiger partial charge is 0.299 e. The van der Waals surface area contributed by atoms with Crippen LogP contribution in [-0.4, -0.2) is 5.78 Å². The summed E-state index contributed by atoms with van der Waals surface area (Å²) in [5.41, 5.74) is 0. The quantitative estimate of drug-likeness (QED) is 0.640. The van der Waals surface area contributed by atoms with Crippen molar-refractivity contribution < 1.29 is 4.79 Å². The molecule has 0 saturated carbocycles. The summed E-state index contributed by atoms with van der Waals surface area (Å²) in [4.78, 5) is 14.2. The van der Waals surface area contributed by atoms with Gasteiger partial charge in [-0.1, -0.05) is 26.7 Å². The van der Waals surface area contributed by atoms with Gasteiger partial charge in [-0.3, -0.25) is 4.79 Å². The standard InChI is InChI=1S/C13H20OS/c1-3-5-6-7-11(14)10-13-9-8-12(4-2)15-13/h8-9H,3-7,10H2,1-2H3. The van der Waals surface area contributed by atoms with Crippen LogP contribution in [0.15, 0.2) is 12.1 Å². The van der Waals surface area contributed by atoms with Gasteiger partial charge in [0.15, 0.2) is 0 Å². The second kappa shape index (κ2) is 6.78. The summed E-state index contributed by atoms with van der Waals surface area (Å²) < 4.78 is 0. The molecule has 15 heavy (non-hydrogen) atoms. The smallest absolute Gasteiger partial charge is 0.138 e. The Bertz CT molecular complexity index is 301. The monoisotopic (exact) mass is 224 g/mol. The van der Waals surface area contributed by atoms with Gasteiger partial charge >= 0.3 is 0 Å². The highest BCUT2D eigenvalue weighted by molar-refractivity contribution is 7.12. The van der Waals surface area contributed by atoms with E-state index in [2.05, 4.69) is 26.0 Å². The molecular weight excluding hydrogens is 204 g/mol. The molecule has 0 aromatic carbocycles. The molecule has 1 rings (SSSR count). The van der Waals surface area contributed by atoms with Gasteiger partial charge in [-0.05, 0) is 25.0 Å². The Morgan fingerprint density at radius 1 is 1.20 bits per heavy atom. The average Bonchev–Trinajstić information content (AvgIpc) is 2.66. The van der Waals surface area contributed by atoms with E-state index in [9.17, 15) is 4.79 Å². The van der Waals surface area contributed by atoms with Crippen LogP contribution in [0.5, 0.6) is 0 Å². The first kappa shape index (κ1) is 12.4. The van der Waals surface area contributed by atoms with Crippen molar-refractivity contribution >= 4 is 17.1 Å². The Morgan fingerprint density at radius 2 is 1.93 bits per heavy atom. The molecule has 1 aromatic rings. The highest BCUT2D eigenvalue weighted by Crippen LogP contribution is 2.18. The van der Waals surface area contributed by atoms with Gasteiger partial charge < -0.3 is 0 Å². The molecule has 1 heterocycles. The summed E-state index contributed by atoms with van der Waals surface area (Å²) in [5, 5.41) is 0. The van der Waals surface area contributed by atoms with Crippen LogP contribution in [0.2, 0.25) is 0 Å². The predicted octanol–water partition coefficient (Wildman–Crippen LogP) is 4.00. The van der Waals surface area contributed by atoms with Crippen LogP contribution in [0.4, 0.5) is 0 Å². The van der Waals surface area contributed by atoms with E-state index in [1.165, 1.54) is 22.6 Å². The van der Waals surface area contributed by atoms with Gasteiger partial charge in [0.05, 0.1) is 0 Å². The summed E-state index contributed by atoms with van der Waals surface area (Å²) in [6.45, 7) is 4.32. The number of unbranched alkanes of at least 4 members (excludes halogenated alkanes) is 2. The van der Waals surface area contributed by atoms with Crippen molar-refractivity contribution in [2.24, 2.45) is 0 Å². The fourth-order valence-corrected chi connectivity index (χ4v) is 2.55. The molecule has 0 bridgehead atoms. The molecule has 0 unspecified atom stereocenters. The van der Waals surface area contributed by atoms with E-state index in [0.29, 0.717) is 12.2 Å². The van der Waals surface area contributed by atoms with Crippen LogP contribution in [0.1, 0.15) is 49.3 Å². The Labute approximate surface area is 96.5 Å². The lowest BCUT2D eigenvalue weighted by molar-refractivity contribution is -0.118. The Balaban J connectivity index is 2.31. The van der Waals surface area contributed by atoms with Gasteiger partial charge in [0.25, 0.3) is 0 Å². The minimum absolute atomic E-state index is 0.396. The zero-order chi connectivity index (χ0) is 11.1. The van der Waals surface area contributed by atoms with Crippen LogP contribution in [0.25, 0.3) is 0 Å². The maximum absolute atomic E-state index is 11.6. The fraction of sp³-hybridized carbons (Fsp3) is 0.615. The Kier molecular flexibility index (Phi) is 5.62. The molecule has 0 aliphatic heterocycles. The number of ketones is 1. The minimum Gasteiger partial charge on any atom is -0.299 e. The van der Waals surface area contributed by atoms with Crippen molar-refractivity contribution in [3.63, 3.8) is 0 Å². The maximum atomic E-state index is 11.6. The molecule has 0 amide bonds. The van der Waals surface area contributed by atoms with Crippen LogP contribution in [0.3, 0.4) is 0 Å². The molecule has 0 aliphatic rings. The number of carbonyl (C=O) groups is 1. The number of thiophene rings is 1. The molecule has 0 fully saturated rings. The fourth-order valence-electron chi connectivity index (χ4n) is 1.56. The summed E-state index contributed by atoms with van der Waals surface area (Å²) in [7, 11) is 0. The number of hydrogen-bond acceptors (Lipinski definition) is 2. The number of carbonyl (C=O) groups excluding carboxylic acids is 1. The van der Waals surface area contributed by atoms with E-state index in [-0.39, 0.29) is 0 Å². The van der Waals surface area contributed by atoms with Crippen LogP contribution >= 0.6 is 11.3 Å². The molecule has 0 atom stereocenters. The lowest BCUT2D eigenvalue weighted by Gasteiger charge is -1.97. The average molecular weight is 224 g/mol. The topological polar surface area (TPSA) is 17.1 Å². The maximum Gasteiger partial charge on any atom is 0.138 e. The number of Topliss-reactive ketones (excluding diaryl/α,β-unsaturated/α-hetero) is 1. The lowest BCUT2D eigenvalue weighted by Crippen LogP contribution is -2.00. The highest BCUT2D eigenvalue weighted by atomic mass is 32.1. The van der Waals surface area contributed by atoms with Gasteiger partial charge in [0, 0.05) is 22.6 Å². The molecular formula is C13H20OS. The lowest BCUT2D eigenvalue weighted by atomic mass is 10.1. The summed E-state index contributed by atoms with van der Waals surface area (Å²) in [6.07, 6.45) is 5.90. The Morgan fingerprint density at radius 3 is 2.53 bits per heavy atom. The van der Waals surface area contributed by atoms with Crippen LogP contribution in [-0.2, 0) is 17.6 Å². The van der Waals surface area contributed by atoms with Gasteiger partial charge in [-0.25, -0.2) is 0 Å². The SMILES string of the molecule is CCCCCC(=O)Cc1ccc(CC)s1. The number of hydrogen-bond donors (Lipinski definition) is 0. The molecule has 1 nitrogen and oxygen atoms in total. The van der Waals surface area contributed by atoms with E-state index in [1.807, 2.05) is 0 Å². The van der Waals surface area contributed by atoms with E-state index in [4.69, 9.17) is 0 Å². The second-order valence-corrected chi connectivity index (χ2v) is 5.15. The van der Waals surface area contributed by atoms with E-state index in [0.717, 1.165) is 19.3 Å². The molecule has 2 heteroatoms. The summed E-state index contributed by atoms with van der Waals surface area (Å²) in [6, 6.07) is 4.24.